The molecule has 5 N–H and O–H groups in total. The molecule has 12 nitrogen and oxygen atoms in total. The molecular formula is C10H6N6O6. The van der Waals surface area contributed by atoms with Gasteiger partial charge in [-0.05, 0) is 0 Å². The van der Waals surface area contributed by atoms with Crippen LogP contribution in [-0.4, -0.2) is 35.9 Å². The maximum atomic E-state index is 11.8. The summed E-state index contributed by atoms with van der Waals surface area (Å²) in [6.07, 6.45) is 0. The normalized spacial score (nSPS) is 10.7. The zero-order valence-corrected chi connectivity index (χ0v) is 10.5. The Morgan fingerprint density at radius 3 is 2.41 bits per heavy atom. The molecule has 0 amide bonds. The van der Waals surface area contributed by atoms with Crippen LogP contribution in [0.25, 0.3) is 11.2 Å². The molecule has 3 rings (SSSR count). The predicted molar refractivity (Wildman–Crippen MR) is 70.0 cm³/mol. The molecule has 0 aliphatic carbocycles. The number of aromatic nitrogens is 6. The van der Waals surface area contributed by atoms with E-state index in [1.165, 1.54) is 0 Å². The molecule has 0 radical (unpaired) electrons. The van der Waals surface area contributed by atoms with Gasteiger partial charge in [-0.1, -0.05) is 0 Å². The van der Waals surface area contributed by atoms with Crippen LogP contribution in [0.2, 0.25) is 0 Å². The number of rotatable bonds is 2. The summed E-state index contributed by atoms with van der Waals surface area (Å²) in [6, 6.07) is 0.426. The molecule has 0 spiro atoms. The molecule has 0 unspecified atom stereocenters. The number of hydrogen-bond donors (Lipinski definition) is 5. The minimum absolute atomic E-state index is 0.109. The van der Waals surface area contributed by atoms with Gasteiger partial charge in [-0.15, -0.1) is 0 Å². The van der Waals surface area contributed by atoms with Crippen molar-refractivity contribution < 1.29 is 9.53 Å². The quantitative estimate of drug-likeness (QED) is 0.324. The number of ether oxygens (including phenoxy) is 1. The molecule has 0 aliphatic rings. The maximum absolute atomic E-state index is 11.8. The second-order valence-electron chi connectivity index (χ2n) is 4.06. The topological polar surface area (TPSA) is 186 Å². The molecule has 3 heterocycles. The lowest BCUT2D eigenvalue weighted by Gasteiger charge is -1.98. The fraction of sp³-hybridized carbons (Fsp3) is 0. The molecule has 0 aromatic carbocycles. The lowest BCUT2D eigenvalue weighted by Crippen LogP contribution is -2.26. The first kappa shape index (κ1) is 13.3. The van der Waals surface area contributed by atoms with E-state index in [9.17, 15) is 24.0 Å². The summed E-state index contributed by atoms with van der Waals surface area (Å²) >= 11 is 0. The van der Waals surface area contributed by atoms with Crippen molar-refractivity contribution in [2.75, 3.05) is 0 Å². The summed E-state index contributed by atoms with van der Waals surface area (Å²) < 4.78 is 4.79. The molecule has 3 aromatic rings. The molecule has 12 heteroatoms. The Morgan fingerprint density at radius 1 is 0.955 bits per heavy atom. The van der Waals surface area contributed by atoms with E-state index in [2.05, 4.69) is 19.9 Å². The number of imidazole rings is 1. The van der Waals surface area contributed by atoms with Gasteiger partial charge in [-0.2, -0.15) is 4.98 Å². The number of carbonyl (C=O) groups is 1. The van der Waals surface area contributed by atoms with Crippen LogP contribution in [0.15, 0.2) is 25.2 Å². The van der Waals surface area contributed by atoms with Gasteiger partial charge in [0.05, 0.1) is 0 Å². The van der Waals surface area contributed by atoms with Gasteiger partial charge in [-0.25, -0.2) is 14.4 Å². The first-order valence-electron chi connectivity index (χ1n) is 5.70. The standard InChI is InChI=1S/C10H6N6O6/c17-3-1-2(11-8(20)12-3)7(19)22-10-13-4-5(15-10)14-9(21)16-6(4)18/h1H,(H2,11,12,17,20)(H3,13,14,15,16,18,21). The van der Waals surface area contributed by atoms with E-state index in [4.69, 9.17) is 4.74 Å². The molecular weight excluding hydrogens is 300 g/mol. The van der Waals surface area contributed by atoms with Crippen LogP contribution in [0.4, 0.5) is 0 Å². The van der Waals surface area contributed by atoms with Crippen LogP contribution in [0, 0.1) is 0 Å². The van der Waals surface area contributed by atoms with E-state index in [1.807, 2.05) is 9.97 Å². The van der Waals surface area contributed by atoms with Gasteiger partial charge in [0.25, 0.3) is 11.1 Å². The Labute approximate surface area is 117 Å². The Kier molecular flexibility index (Phi) is 2.83. The third-order valence-electron chi connectivity index (χ3n) is 2.54. The number of nitrogens with one attached hydrogen (secondary N) is 5. The van der Waals surface area contributed by atoms with Crippen molar-refractivity contribution in [1.29, 1.82) is 0 Å². The molecule has 0 aliphatic heterocycles. The number of H-pyrrole nitrogens is 5. The van der Waals surface area contributed by atoms with Gasteiger partial charge in [0.15, 0.2) is 11.2 Å². The van der Waals surface area contributed by atoms with Gasteiger partial charge in [-0.3, -0.25) is 24.5 Å². The summed E-state index contributed by atoms with van der Waals surface area (Å²) in [5.74, 6) is -1.08. The van der Waals surface area contributed by atoms with Crippen molar-refractivity contribution >= 4 is 17.1 Å². The van der Waals surface area contributed by atoms with Crippen molar-refractivity contribution in [2.45, 2.75) is 0 Å². The molecule has 3 aromatic heterocycles. The molecule has 0 bridgehead atoms. The number of esters is 1. The monoisotopic (exact) mass is 306 g/mol. The Morgan fingerprint density at radius 2 is 1.68 bits per heavy atom. The summed E-state index contributed by atoms with van der Waals surface area (Å²) in [5, 5.41) is 0. The summed E-state index contributed by atoms with van der Waals surface area (Å²) in [5.41, 5.74) is -3.83. The first-order valence-corrected chi connectivity index (χ1v) is 5.70. The van der Waals surface area contributed by atoms with Crippen LogP contribution in [0.5, 0.6) is 6.01 Å². The lowest BCUT2D eigenvalue weighted by atomic mass is 10.4. The summed E-state index contributed by atoms with van der Waals surface area (Å²) in [6.45, 7) is 0. The highest BCUT2D eigenvalue weighted by Crippen LogP contribution is 2.09. The number of hydrogen-bond acceptors (Lipinski definition) is 7. The van der Waals surface area contributed by atoms with Gasteiger partial charge < -0.3 is 14.7 Å². The van der Waals surface area contributed by atoms with Crippen molar-refractivity contribution in [3.63, 3.8) is 0 Å². The fourth-order valence-corrected chi connectivity index (χ4v) is 1.68. The molecule has 0 saturated heterocycles. The highest BCUT2D eigenvalue weighted by atomic mass is 16.5. The molecule has 0 atom stereocenters. The van der Waals surface area contributed by atoms with Crippen LogP contribution in [0.3, 0.4) is 0 Å². The second-order valence-corrected chi connectivity index (χ2v) is 4.06. The van der Waals surface area contributed by atoms with Gasteiger partial charge in [0.1, 0.15) is 5.69 Å². The highest BCUT2D eigenvalue weighted by molar-refractivity contribution is 5.88. The summed E-state index contributed by atoms with van der Waals surface area (Å²) in [7, 11) is 0. The third kappa shape index (κ3) is 2.35. The fourth-order valence-electron chi connectivity index (χ4n) is 1.68. The number of aromatic amines is 5. The Balaban J connectivity index is 1.99. The van der Waals surface area contributed by atoms with E-state index >= 15 is 0 Å². The van der Waals surface area contributed by atoms with E-state index < -0.39 is 40.2 Å². The van der Waals surface area contributed by atoms with Gasteiger partial charge >= 0.3 is 23.4 Å². The first-order chi connectivity index (χ1) is 10.4. The average molecular weight is 306 g/mol. The summed E-state index contributed by atoms with van der Waals surface area (Å²) in [4.78, 5) is 70.7. The van der Waals surface area contributed by atoms with Crippen LogP contribution < -0.4 is 27.2 Å². The van der Waals surface area contributed by atoms with E-state index in [-0.39, 0.29) is 11.2 Å². The SMILES string of the molecule is O=C(Oc1nc2[nH]c(=O)[nH]c(=O)c2[nH]1)c1cc(=O)[nH]c(=O)[nH]1. The van der Waals surface area contributed by atoms with Crippen molar-refractivity contribution in [3.8, 4) is 6.01 Å². The van der Waals surface area contributed by atoms with Gasteiger partial charge in [0.2, 0.25) is 0 Å². The smallest absolute Gasteiger partial charge is 0.362 e. The van der Waals surface area contributed by atoms with E-state index in [1.54, 1.807) is 0 Å². The van der Waals surface area contributed by atoms with E-state index in [0.29, 0.717) is 0 Å². The number of nitrogens with zero attached hydrogens (tertiary/aromatic N) is 1. The molecule has 112 valence electrons. The van der Waals surface area contributed by atoms with Crippen molar-refractivity contribution in [2.24, 2.45) is 0 Å². The van der Waals surface area contributed by atoms with Gasteiger partial charge in [0, 0.05) is 6.07 Å². The molecule has 0 fully saturated rings. The minimum Gasteiger partial charge on any atom is -0.387 e. The zero-order valence-electron chi connectivity index (χ0n) is 10.5. The zero-order chi connectivity index (χ0) is 15.9. The predicted octanol–water partition coefficient (Wildman–Crippen LogP) is -2.46. The number of fused-ring (bicyclic) bond motifs is 1. The van der Waals surface area contributed by atoms with Crippen LogP contribution in [-0.2, 0) is 0 Å². The largest absolute Gasteiger partial charge is 0.387 e. The lowest BCUT2D eigenvalue weighted by molar-refractivity contribution is 0.0714. The average Bonchev–Trinajstić information content (AvgIpc) is 2.80. The van der Waals surface area contributed by atoms with E-state index in [0.717, 1.165) is 6.07 Å². The van der Waals surface area contributed by atoms with Crippen molar-refractivity contribution in [1.82, 2.24) is 29.9 Å². The van der Waals surface area contributed by atoms with Crippen molar-refractivity contribution in [3.05, 3.63) is 53.4 Å². The Hall–Kier alpha value is -3.70. The second kappa shape index (κ2) is 4.69. The minimum atomic E-state index is -1.08. The third-order valence-corrected chi connectivity index (χ3v) is 2.54. The van der Waals surface area contributed by atoms with Crippen LogP contribution in [0.1, 0.15) is 10.5 Å². The maximum Gasteiger partial charge on any atom is 0.362 e. The highest BCUT2D eigenvalue weighted by Gasteiger charge is 2.15. The molecule has 22 heavy (non-hydrogen) atoms. The number of carbonyl (C=O) groups excluding carboxylic acids is 1. The molecule has 0 saturated carbocycles. The van der Waals surface area contributed by atoms with Crippen LogP contribution >= 0.6 is 0 Å². The Bertz CT molecular complexity index is 1080.